The van der Waals surface area contributed by atoms with Gasteiger partial charge in [-0.3, -0.25) is 34.4 Å². The van der Waals surface area contributed by atoms with Crippen molar-refractivity contribution in [1.29, 1.82) is 0 Å². The zero-order chi connectivity index (χ0) is 31.5. The number of pyridine rings is 1. The molecule has 0 aliphatic rings. The van der Waals surface area contributed by atoms with Crippen molar-refractivity contribution in [3.05, 3.63) is 65.1 Å². The summed E-state index contributed by atoms with van der Waals surface area (Å²) in [6.45, 7) is 4.88. The lowest BCUT2D eigenvalue weighted by Gasteiger charge is -2.11. The van der Waals surface area contributed by atoms with E-state index < -0.39 is 11.8 Å². The number of amides is 3. The van der Waals surface area contributed by atoms with Crippen molar-refractivity contribution in [3.8, 4) is 5.75 Å². The number of aryl methyl sites for hydroxylation is 2. The Labute approximate surface area is 251 Å². The second kappa shape index (κ2) is 12.2. The van der Waals surface area contributed by atoms with Crippen molar-refractivity contribution in [1.82, 2.24) is 39.3 Å². The van der Waals surface area contributed by atoms with E-state index in [1.165, 1.54) is 19.4 Å². The van der Waals surface area contributed by atoms with Crippen LogP contribution in [-0.4, -0.2) is 65.7 Å². The Morgan fingerprint density at radius 1 is 0.977 bits per heavy atom. The summed E-state index contributed by atoms with van der Waals surface area (Å²) in [4.78, 5) is 50.8. The number of ether oxygens (including phenoxy) is 1. The molecule has 0 radical (unpaired) electrons. The largest absolute Gasteiger partial charge is 0.494 e. The summed E-state index contributed by atoms with van der Waals surface area (Å²) in [6, 6.07) is 6.40. The zero-order valence-corrected chi connectivity index (χ0v) is 24.6. The van der Waals surface area contributed by atoms with Crippen LogP contribution in [0.3, 0.4) is 0 Å². The molecule has 0 fully saturated rings. The molecule has 4 aromatic heterocycles. The van der Waals surface area contributed by atoms with Gasteiger partial charge >= 0.3 is 0 Å². The van der Waals surface area contributed by atoms with Gasteiger partial charge in [0.15, 0.2) is 5.65 Å². The van der Waals surface area contributed by atoms with Crippen molar-refractivity contribution >= 4 is 51.8 Å². The molecule has 0 aliphatic carbocycles. The van der Waals surface area contributed by atoms with Crippen LogP contribution in [0.1, 0.15) is 43.8 Å². The number of nitrogen functional groups attached to an aromatic ring is 1. The first-order chi connectivity index (χ1) is 21.2. The van der Waals surface area contributed by atoms with Gasteiger partial charge in [-0.05, 0) is 38.1 Å². The normalized spacial score (nSPS) is 11.4. The predicted molar refractivity (Wildman–Crippen MR) is 163 cm³/mol. The molecule has 0 atom stereocenters. The Hall–Kier alpha value is -5.77. The molecule has 0 bridgehead atoms. The monoisotopic (exact) mass is 600 g/mol. The number of hydrogen-bond donors (Lipinski definition) is 5. The Morgan fingerprint density at radius 2 is 1.68 bits per heavy atom. The molecule has 0 unspecified atom stereocenters. The molecule has 3 amide bonds. The number of carbonyl (C=O) groups excluding carboxylic acids is 3. The number of benzene rings is 1. The lowest BCUT2D eigenvalue weighted by molar-refractivity contribution is 0.0951. The van der Waals surface area contributed by atoms with Crippen LogP contribution in [-0.2, 0) is 19.6 Å². The van der Waals surface area contributed by atoms with Gasteiger partial charge in [0, 0.05) is 38.4 Å². The highest BCUT2D eigenvalue weighted by Crippen LogP contribution is 2.31. The lowest BCUT2D eigenvalue weighted by atomic mass is 10.1. The number of carbonyl (C=O) groups is 3. The third-order valence-electron chi connectivity index (χ3n) is 6.92. The van der Waals surface area contributed by atoms with Gasteiger partial charge in [0.1, 0.15) is 22.5 Å². The summed E-state index contributed by atoms with van der Waals surface area (Å²) < 4.78 is 10.8. The number of nitrogens with one attached hydrogen (secondary N) is 3. The minimum absolute atomic E-state index is 0.221. The average Bonchev–Trinajstić information content (AvgIpc) is 3.69. The fourth-order valence-electron chi connectivity index (χ4n) is 4.88. The van der Waals surface area contributed by atoms with Crippen molar-refractivity contribution in [2.24, 2.45) is 11.6 Å². The van der Waals surface area contributed by atoms with Crippen LogP contribution in [0.4, 0.5) is 11.9 Å². The molecule has 228 valence electrons. The van der Waals surface area contributed by atoms with E-state index in [-0.39, 0.29) is 29.5 Å². The number of anilines is 2. The number of nitrogens with two attached hydrogens (primary N) is 2. The minimum atomic E-state index is -0.634. The third kappa shape index (κ3) is 5.52. The van der Waals surface area contributed by atoms with Crippen molar-refractivity contribution in [2.45, 2.75) is 33.5 Å². The molecule has 0 saturated carbocycles. The van der Waals surface area contributed by atoms with Gasteiger partial charge in [0.2, 0.25) is 17.8 Å². The van der Waals surface area contributed by atoms with E-state index in [1.54, 1.807) is 34.5 Å². The Balaban J connectivity index is 1.49. The molecule has 7 N–H and O–H groups in total. The van der Waals surface area contributed by atoms with Crippen LogP contribution in [0, 0.1) is 6.92 Å². The van der Waals surface area contributed by atoms with Gasteiger partial charge in [-0.1, -0.05) is 12.2 Å². The van der Waals surface area contributed by atoms with Crippen LogP contribution in [0.15, 0.2) is 42.6 Å². The van der Waals surface area contributed by atoms with Gasteiger partial charge < -0.3 is 20.4 Å². The van der Waals surface area contributed by atoms with Gasteiger partial charge in [-0.15, -0.1) is 0 Å². The third-order valence-corrected chi connectivity index (χ3v) is 6.92. The number of hydrogen-bond acceptors (Lipinski definition) is 10. The maximum atomic E-state index is 13.3. The summed E-state index contributed by atoms with van der Waals surface area (Å²) in [5.41, 5.74) is 11.3. The lowest BCUT2D eigenvalue weighted by Crippen LogP contribution is -2.30. The summed E-state index contributed by atoms with van der Waals surface area (Å²) in [7, 11) is 3.21. The van der Waals surface area contributed by atoms with E-state index in [9.17, 15) is 14.4 Å². The predicted octanol–water partition coefficient (Wildman–Crippen LogP) is 1.57. The topological polar surface area (TPSA) is 215 Å². The molecule has 44 heavy (non-hydrogen) atoms. The number of hydrazine groups is 1. The zero-order valence-electron chi connectivity index (χ0n) is 24.6. The summed E-state index contributed by atoms with van der Waals surface area (Å²) in [5.74, 6) is 4.91. The molecule has 0 saturated heterocycles. The minimum Gasteiger partial charge on any atom is -0.494 e. The second-order valence-electron chi connectivity index (χ2n) is 9.70. The quantitative estimate of drug-likeness (QED) is 0.0638. The number of methoxy groups -OCH3 is 1. The van der Waals surface area contributed by atoms with Crippen molar-refractivity contribution in [2.75, 3.05) is 24.8 Å². The summed E-state index contributed by atoms with van der Waals surface area (Å²) in [5, 5.41) is 10.3. The van der Waals surface area contributed by atoms with Crippen molar-refractivity contribution in [3.63, 3.8) is 0 Å². The smallest absolute Gasteiger partial charge is 0.276 e. The Bertz CT molecular complexity index is 1930. The van der Waals surface area contributed by atoms with E-state index in [2.05, 4.69) is 36.1 Å². The molecule has 16 nitrogen and oxygen atoms in total. The highest BCUT2D eigenvalue weighted by molar-refractivity contribution is 6.04. The number of allylic oxidation sites excluding steroid dienone is 2. The van der Waals surface area contributed by atoms with E-state index >= 15 is 0 Å². The molecule has 4 heterocycles. The fraction of sp³-hybridized carbons (Fsp3) is 0.250. The molecule has 5 aromatic rings. The van der Waals surface area contributed by atoms with Gasteiger partial charge in [-0.2, -0.15) is 5.10 Å². The molecular weight excluding hydrogens is 568 g/mol. The molecular formula is C28H32N12O4. The molecule has 1 aromatic carbocycles. The standard InChI is InChI=1S/C28H32N12O4/c1-5-40-20(10-15(2)37-40)26(43)35-28-33-18-11-16(23(29)41)13-21(44-4)22(18)38(28)8-6-7-9-39-24-19(34-27(39)31-3)12-17(14-32-24)25(42)36-30/h6-7,10-14H,5,8-9,30H2,1-4H3,(H2,29,41)(H,31,34)(H,36,42)(H,33,35,43)/b7-6+. The van der Waals surface area contributed by atoms with Crippen molar-refractivity contribution < 1.29 is 19.1 Å². The SMILES string of the molecule is CCn1nc(C)cc1C(=O)Nc1nc2cc(C(N)=O)cc(OC)c2n1C/C=C/Cn1c(NC)nc2cc(C(=O)NN)cnc21. The van der Waals surface area contributed by atoms with Gasteiger partial charge in [-0.25, -0.2) is 20.8 Å². The Morgan fingerprint density at radius 3 is 2.34 bits per heavy atom. The number of primary amides is 1. The number of imidazole rings is 2. The maximum Gasteiger partial charge on any atom is 0.276 e. The van der Waals surface area contributed by atoms with Gasteiger partial charge in [0.25, 0.3) is 11.8 Å². The van der Waals surface area contributed by atoms with Crippen LogP contribution >= 0.6 is 0 Å². The number of fused-ring (bicyclic) bond motifs is 2. The van der Waals surface area contributed by atoms with Crippen LogP contribution in [0.5, 0.6) is 5.75 Å². The maximum absolute atomic E-state index is 13.3. The summed E-state index contributed by atoms with van der Waals surface area (Å²) in [6.07, 6.45) is 5.22. The first-order valence-corrected chi connectivity index (χ1v) is 13.6. The van der Waals surface area contributed by atoms with E-state index in [0.29, 0.717) is 58.4 Å². The first kappa shape index (κ1) is 29.7. The average molecular weight is 601 g/mol. The Kier molecular flexibility index (Phi) is 8.25. The summed E-state index contributed by atoms with van der Waals surface area (Å²) >= 11 is 0. The second-order valence-corrected chi connectivity index (χ2v) is 9.70. The van der Waals surface area contributed by atoms with Crippen LogP contribution in [0.2, 0.25) is 0 Å². The van der Waals surface area contributed by atoms with Crippen LogP contribution in [0.25, 0.3) is 22.2 Å². The molecule has 16 heteroatoms. The van der Waals surface area contributed by atoms with E-state index in [4.69, 9.17) is 16.3 Å². The van der Waals surface area contributed by atoms with E-state index in [0.717, 1.165) is 0 Å². The fourth-order valence-corrected chi connectivity index (χ4v) is 4.88. The number of rotatable bonds is 11. The molecule has 5 rings (SSSR count). The van der Waals surface area contributed by atoms with E-state index in [1.807, 2.05) is 30.6 Å². The highest BCUT2D eigenvalue weighted by atomic mass is 16.5. The first-order valence-electron chi connectivity index (χ1n) is 13.6. The highest BCUT2D eigenvalue weighted by Gasteiger charge is 2.21. The van der Waals surface area contributed by atoms with Gasteiger partial charge in [0.05, 0.1) is 23.9 Å². The molecule has 0 spiro atoms. The number of aromatic nitrogens is 7. The van der Waals surface area contributed by atoms with Crippen LogP contribution < -0.4 is 32.4 Å². The molecule has 0 aliphatic heterocycles. The number of nitrogens with zero attached hydrogens (tertiary/aromatic N) is 7.